The van der Waals surface area contributed by atoms with Crippen molar-refractivity contribution in [2.75, 3.05) is 0 Å². The second kappa shape index (κ2) is 5.59. The van der Waals surface area contributed by atoms with E-state index in [0.29, 0.717) is 22.0 Å². The molecule has 0 radical (unpaired) electrons. The summed E-state index contributed by atoms with van der Waals surface area (Å²) in [7, 11) is 0. The minimum absolute atomic E-state index is 0.0489. The first-order valence-corrected chi connectivity index (χ1v) is 8.16. The van der Waals surface area contributed by atoms with Gasteiger partial charge in [-0.25, -0.2) is 9.38 Å². The Kier molecular flexibility index (Phi) is 3.91. The second-order valence-electron chi connectivity index (χ2n) is 5.41. The fourth-order valence-corrected chi connectivity index (χ4v) is 4.05. The van der Waals surface area contributed by atoms with E-state index in [1.807, 2.05) is 20.8 Å². The number of halogens is 2. The van der Waals surface area contributed by atoms with E-state index in [1.165, 1.54) is 17.8 Å². The van der Waals surface area contributed by atoms with Crippen LogP contribution in [0.3, 0.4) is 0 Å². The monoisotopic (exact) mass is 339 g/mol. The van der Waals surface area contributed by atoms with Crippen LogP contribution in [-0.4, -0.2) is 14.8 Å². The van der Waals surface area contributed by atoms with Crippen molar-refractivity contribution in [3.8, 4) is 0 Å². The molecule has 0 amide bonds. The number of aromatic amines is 1. The molecule has 3 rings (SSSR count). The van der Waals surface area contributed by atoms with Crippen LogP contribution in [0, 0.1) is 5.82 Å². The fraction of sp³-hybridized carbons (Fsp3) is 0.333. The van der Waals surface area contributed by atoms with E-state index in [1.54, 1.807) is 16.8 Å². The Morgan fingerprint density at radius 3 is 2.77 bits per heavy atom. The number of hydrogen-bond donors (Lipinski definition) is 1. The first-order valence-electron chi connectivity index (χ1n) is 6.90. The molecule has 1 N–H and O–H groups in total. The molecular formula is C15H15ClFN3OS. The van der Waals surface area contributed by atoms with Gasteiger partial charge >= 0.3 is 0 Å². The lowest BCUT2D eigenvalue weighted by Gasteiger charge is -2.22. The summed E-state index contributed by atoms with van der Waals surface area (Å²) in [4.78, 5) is 16.8. The van der Waals surface area contributed by atoms with Crippen LogP contribution in [0.5, 0.6) is 0 Å². The third kappa shape index (κ3) is 2.40. The number of hydrogen-bond acceptors (Lipinski definition) is 3. The summed E-state index contributed by atoms with van der Waals surface area (Å²) < 4.78 is 16.0. The van der Waals surface area contributed by atoms with Crippen molar-refractivity contribution in [3.63, 3.8) is 0 Å². The summed E-state index contributed by atoms with van der Waals surface area (Å²) >= 11 is 7.53. The number of nitrogens with one attached hydrogen (secondary N) is 1. The molecule has 0 fully saturated rings. The van der Waals surface area contributed by atoms with E-state index < -0.39 is 11.1 Å². The van der Waals surface area contributed by atoms with Gasteiger partial charge in [-0.2, -0.15) is 0 Å². The van der Waals surface area contributed by atoms with Gasteiger partial charge in [-0.05, 0) is 32.9 Å². The highest BCUT2D eigenvalue weighted by Gasteiger charge is 2.33. The number of thioether (sulfide) groups is 1. The zero-order valence-electron chi connectivity index (χ0n) is 12.4. The molecule has 1 aliphatic heterocycles. The highest BCUT2D eigenvalue weighted by Crippen LogP contribution is 2.46. The van der Waals surface area contributed by atoms with E-state index >= 15 is 0 Å². The van der Waals surface area contributed by atoms with Crippen molar-refractivity contribution < 1.29 is 4.39 Å². The molecular weight excluding hydrogens is 325 g/mol. The molecule has 7 heteroatoms. The van der Waals surface area contributed by atoms with Crippen molar-refractivity contribution in [3.05, 3.63) is 50.5 Å². The Balaban J connectivity index is 2.27. The van der Waals surface area contributed by atoms with Crippen LogP contribution in [0.1, 0.15) is 43.2 Å². The number of aromatic nitrogens is 2. The molecule has 4 nitrogen and oxygen atoms in total. The molecule has 0 saturated heterocycles. The number of benzene rings is 1. The zero-order valence-corrected chi connectivity index (χ0v) is 13.9. The Hall–Kier alpha value is -1.53. The summed E-state index contributed by atoms with van der Waals surface area (Å²) in [6, 6.07) is 4.60. The van der Waals surface area contributed by atoms with Crippen LogP contribution < -0.4 is 5.56 Å². The van der Waals surface area contributed by atoms with Crippen LogP contribution in [0.2, 0.25) is 5.02 Å². The molecule has 1 aromatic carbocycles. The predicted octanol–water partition coefficient (Wildman–Crippen LogP) is 4.44. The summed E-state index contributed by atoms with van der Waals surface area (Å²) in [6.07, 6.45) is 0. The molecule has 0 bridgehead atoms. The van der Waals surface area contributed by atoms with Gasteiger partial charge in [0, 0.05) is 16.6 Å². The highest BCUT2D eigenvalue weighted by molar-refractivity contribution is 8.14. The third-order valence-electron chi connectivity index (χ3n) is 3.53. The molecule has 22 heavy (non-hydrogen) atoms. The average molecular weight is 340 g/mol. The Labute approximate surface area is 136 Å². The maximum atomic E-state index is 14.3. The largest absolute Gasteiger partial charge is 0.271 e. The number of aliphatic imine (C=N–C) groups is 1. The van der Waals surface area contributed by atoms with Crippen molar-refractivity contribution in [2.45, 2.75) is 32.1 Å². The number of H-pyrrole nitrogens is 1. The average Bonchev–Trinajstić information content (AvgIpc) is 2.75. The molecule has 1 atom stereocenters. The van der Waals surface area contributed by atoms with Crippen molar-refractivity contribution in [1.29, 1.82) is 0 Å². The van der Waals surface area contributed by atoms with Gasteiger partial charge in [-0.15, -0.1) is 0 Å². The van der Waals surface area contributed by atoms with Gasteiger partial charge in [0.25, 0.3) is 5.56 Å². The van der Waals surface area contributed by atoms with E-state index in [2.05, 4.69) is 10.1 Å². The fourth-order valence-electron chi connectivity index (χ4n) is 2.55. The van der Waals surface area contributed by atoms with Gasteiger partial charge in [0.15, 0.2) is 5.82 Å². The molecule has 0 saturated carbocycles. The van der Waals surface area contributed by atoms with Crippen LogP contribution >= 0.6 is 23.4 Å². The molecule has 0 spiro atoms. The third-order valence-corrected chi connectivity index (χ3v) is 5.00. The minimum atomic E-state index is -0.495. The van der Waals surface area contributed by atoms with E-state index in [0.717, 1.165) is 5.04 Å². The highest BCUT2D eigenvalue weighted by atomic mass is 35.5. The Morgan fingerprint density at radius 2 is 2.14 bits per heavy atom. The summed E-state index contributed by atoms with van der Waals surface area (Å²) in [5.41, 5.74) is 0.532. The molecule has 1 aliphatic rings. The normalized spacial score (nSPS) is 17.5. The number of rotatable bonds is 2. The van der Waals surface area contributed by atoms with Gasteiger partial charge in [0.2, 0.25) is 0 Å². The molecule has 0 aliphatic carbocycles. The van der Waals surface area contributed by atoms with Crippen molar-refractivity contribution >= 4 is 34.2 Å². The predicted molar refractivity (Wildman–Crippen MR) is 89.1 cm³/mol. The standard InChI is InChI=1S/C15H15ClFN3OS/c1-7(2)20-14-12(15(21)19-20)13(22-8(3)18-14)11-9(16)5-4-6-10(11)17/h4-7,13H,1-3H3,(H,19,21)/t13-/m1/s1. The first kappa shape index (κ1) is 15.4. The lowest BCUT2D eigenvalue weighted by atomic mass is 10.1. The van der Waals surface area contributed by atoms with Gasteiger partial charge in [-0.1, -0.05) is 29.4 Å². The molecule has 116 valence electrons. The van der Waals surface area contributed by atoms with Crippen molar-refractivity contribution in [2.24, 2.45) is 4.99 Å². The van der Waals surface area contributed by atoms with Gasteiger partial charge in [-0.3, -0.25) is 14.6 Å². The Morgan fingerprint density at radius 1 is 1.41 bits per heavy atom. The number of nitrogens with zero attached hydrogens (tertiary/aromatic N) is 2. The maximum Gasteiger partial charge on any atom is 0.271 e. The SMILES string of the molecule is CC1=Nc2c(c(=O)[nH]n2C(C)C)[C@@H](c2c(F)cccc2Cl)S1. The van der Waals surface area contributed by atoms with Gasteiger partial charge in [0.05, 0.1) is 15.9 Å². The smallest absolute Gasteiger partial charge is 0.268 e. The Bertz CT molecular complexity index is 804. The zero-order chi connectivity index (χ0) is 16.0. The van der Waals surface area contributed by atoms with Crippen LogP contribution in [0.15, 0.2) is 28.0 Å². The maximum absolute atomic E-state index is 14.3. The van der Waals surface area contributed by atoms with Crippen molar-refractivity contribution in [1.82, 2.24) is 9.78 Å². The van der Waals surface area contributed by atoms with E-state index in [4.69, 9.17) is 11.6 Å². The summed E-state index contributed by atoms with van der Waals surface area (Å²) in [5.74, 6) is 0.142. The topological polar surface area (TPSA) is 50.1 Å². The lowest BCUT2D eigenvalue weighted by Crippen LogP contribution is -2.15. The summed E-state index contributed by atoms with van der Waals surface area (Å²) in [6.45, 7) is 5.75. The summed E-state index contributed by atoms with van der Waals surface area (Å²) in [5, 5.41) is 3.38. The van der Waals surface area contributed by atoms with Gasteiger partial charge < -0.3 is 0 Å². The molecule has 2 aromatic rings. The quantitative estimate of drug-likeness (QED) is 0.879. The number of fused-ring (bicyclic) bond motifs is 1. The van der Waals surface area contributed by atoms with E-state index in [-0.39, 0.29) is 11.6 Å². The molecule has 0 unspecified atom stereocenters. The first-order chi connectivity index (χ1) is 10.4. The van der Waals surface area contributed by atoms with Crippen LogP contribution in [0.25, 0.3) is 0 Å². The van der Waals surface area contributed by atoms with Gasteiger partial charge in [0.1, 0.15) is 5.82 Å². The van der Waals surface area contributed by atoms with Crippen LogP contribution in [-0.2, 0) is 0 Å². The van der Waals surface area contributed by atoms with Crippen LogP contribution in [0.4, 0.5) is 10.2 Å². The molecule has 1 aromatic heterocycles. The second-order valence-corrected chi connectivity index (χ2v) is 7.11. The molecule has 2 heterocycles. The lowest BCUT2D eigenvalue weighted by molar-refractivity contribution is 0.533. The minimum Gasteiger partial charge on any atom is -0.268 e. The van der Waals surface area contributed by atoms with E-state index in [9.17, 15) is 9.18 Å².